The molecule has 1 aromatic heterocycles. The molecule has 18 heavy (non-hydrogen) atoms. The number of ether oxygens (including phenoxy) is 1. The van der Waals surface area contributed by atoms with Crippen molar-refractivity contribution >= 4 is 11.3 Å². The fourth-order valence-corrected chi connectivity index (χ4v) is 2.56. The average molecular weight is 262 g/mol. The van der Waals surface area contributed by atoms with Crippen LogP contribution in [0.2, 0.25) is 0 Å². The Hall–Kier alpha value is -1.39. The lowest BCUT2D eigenvalue weighted by Crippen LogP contribution is -2.13. The molecule has 96 valence electrons. The SMILES string of the molecule is COc1cccc(-c2nc(CC(C)CN)cs2)c1. The molecule has 1 atom stereocenters. The predicted octanol–water partition coefficient (Wildman–Crippen LogP) is 2.96. The largest absolute Gasteiger partial charge is 0.497 e. The molecule has 0 saturated carbocycles. The maximum atomic E-state index is 5.63. The van der Waals surface area contributed by atoms with Crippen LogP contribution in [0.25, 0.3) is 10.6 Å². The second-order valence-electron chi connectivity index (χ2n) is 4.42. The van der Waals surface area contributed by atoms with Gasteiger partial charge >= 0.3 is 0 Å². The lowest BCUT2D eigenvalue weighted by molar-refractivity contribution is 0.415. The van der Waals surface area contributed by atoms with Gasteiger partial charge in [-0.3, -0.25) is 0 Å². The first kappa shape index (κ1) is 13.1. The highest BCUT2D eigenvalue weighted by molar-refractivity contribution is 7.13. The molecule has 1 unspecified atom stereocenters. The summed E-state index contributed by atoms with van der Waals surface area (Å²) >= 11 is 1.67. The predicted molar refractivity (Wildman–Crippen MR) is 76.0 cm³/mol. The van der Waals surface area contributed by atoms with Crippen LogP contribution in [0.1, 0.15) is 12.6 Å². The summed E-state index contributed by atoms with van der Waals surface area (Å²) in [6.07, 6.45) is 0.941. The first-order valence-corrected chi connectivity index (χ1v) is 6.89. The zero-order valence-electron chi connectivity index (χ0n) is 10.7. The van der Waals surface area contributed by atoms with E-state index >= 15 is 0 Å². The third kappa shape index (κ3) is 3.09. The van der Waals surface area contributed by atoms with Crippen molar-refractivity contribution in [1.29, 1.82) is 0 Å². The van der Waals surface area contributed by atoms with E-state index in [2.05, 4.69) is 23.4 Å². The Balaban J connectivity index is 2.18. The Morgan fingerprint density at radius 2 is 2.28 bits per heavy atom. The molecule has 0 fully saturated rings. The van der Waals surface area contributed by atoms with Crippen LogP contribution in [0.15, 0.2) is 29.6 Å². The summed E-state index contributed by atoms with van der Waals surface area (Å²) in [5, 5.41) is 3.15. The van der Waals surface area contributed by atoms with Crippen LogP contribution in [0.5, 0.6) is 5.75 Å². The molecule has 0 saturated heterocycles. The summed E-state index contributed by atoms with van der Waals surface area (Å²) in [5.41, 5.74) is 7.86. The summed E-state index contributed by atoms with van der Waals surface area (Å²) in [7, 11) is 1.68. The van der Waals surface area contributed by atoms with Crippen molar-refractivity contribution in [2.75, 3.05) is 13.7 Å². The second kappa shape index (κ2) is 5.98. The number of hydrogen-bond donors (Lipinski definition) is 1. The van der Waals surface area contributed by atoms with Gasteiger partial charge in [0.1, 0.15) is 10.8 Å². The maximum Gasteiger partial charge on any atom is 0.123 e. The van der Waals surface area contributed by atoms with Gasteiger partial charge in [-0.05, 0) is 31.0 Å². The molecule has 0 amide bonds. The number of benzene rings is 1. The van der Waals surface area contributed by atoms with Gasteiger partial charge in [-0.15, -0.1) is 11.3 Å². The van der Waals surface area contributed by atoms with Crippen molar-refractivity contribution in [3.8, 4) is 16.3 Å². The standard InChI is InChI=1S/C14H18N2OS/c1-10(8-15)6-12-9-18-14(16-12)11-4-3-5-13(7-11)17-2/h3-5,7,9-10H,6,8,15H2,1-2H3. The van der Waals surface area contributed by atoms with E-state index in [1.165, 1.54) is 0 Å². The fourth-order valence-electron chi connectivity index (χ4n) is 1.73. The summed E-state index contributed by atoms with van der Waals surface area (Å²) in [6, 6.07) is 7.98. The highest BCUT2D eigenvalue weighted by atomic mass is 32.1. The van der Waals surface area contributed by atoms with Crippen LogP contribution in [-0.2, 0) is 6.42 Å². The molecule has 0 aliphatic rings. The number of nitrogens with zero attached hydrogens (tertiary/aromatic N) is 1. The van der Waals surface area contributed by atoms with E-state index in [9.17, 15) is 0 Å². The summed E-state index contributed by atoms with van der Waals surface area (Å²) in [5.74, 6) is 1.34. The number of thiazole rings is 1. The van der Waals surface area contributed by atoms with Crippen LogP contribution in [0.3, 0.4) is 0 Å². The Morgan fingerprint density at radius 3 is 3.00 bits per heavy atom. The molecule has 4 heteroatoms. The van der Waals surface area contributed by atoms with E-state index in [0.29, 0.717) is 12.5 Å². The highest BCUT2D eigenvalue weighted by Gasteiger charge is 2.08. The number of methoxy groups -OCH3 is 1. The van der Waals surface area contributed by atoms with E-state index in [-0.39, 0.29) is 0 Å². The van der Waals surface area contributed by atoms with Gasteiger partial charge in [0.15, 0.2) is 0 Å². The van der Waals surface area contributed by atoms with Crippen molar-refractivity contribution in [1.82, 2.24) is 4.98 Å². The molecule has 0 aliphatic carbocycles. The van der Waals surface area contributed by atoms with E-state index in [4.69, 9.17) is 10.5 Å². The molecule has 0 aliphatic heterocycles. The minimum atomic E-state index is 0.477. The Bertz CT molecular complexity index is 510. The Labute approximate surface area is 112 Å². The third-order valence-corrected chi connectivity index (χ3v) is 3.77. The molecule has 0 radical (unpaired) electrons. The number of nitrogens with two attached hydrogens (primary N) is 1. The van der Waals surface area contributed by atoms with Gasteiger partial charge in [0.25, 0.3) is 0 Å². The van der Waals surface area contributed by atoms with Gasteiger partial charge in [0.2, 0.25) is 0 Å². The lowest BCUT2D eigenvalue weighted by atomic mass is 10.1. The highest BCUT2D eigenvalue weighted by Crippen LogP contribution is 2.27. The van der Waals surface area contributed by atoms with Crippen molar-refractivity contribution < 1.29 is 4.74 Å². The summed E-state index contributed by atoms with van der Waals surface area (Å²) in [4.78, 5) is 4.65. The number of aromatic nitrogens is 1. The monoisotopic (exact) mass is 262 g/mol. The number of hydrogen-bond acceptors (Lipinski definition) is 4. The van der Waals surface area contributed by atoms with Gasteiger partial charge in [0, 0.05) is 10.9 Å². The first-order valence-electron chi connectivity index (χ1n) is 6.02. The fraction of sp³-hybridized carbons (Fsp3) is 0.357. The van der Waals surface area contributed by atoms with E-state index < -0.39 is 0 Å². The summed E-state index contributed by atoms with van der Waals surface area (Å²) < 4.78 is 5.23. The van der Waals surface area contributed by atoms with E-state index in [1.54, 1.807) is 18.4 Å². The Morgan fingerprint density at radius 1 is 1.44 bits per heavy atom. The molecule has 0 spiro atoms. The van der Waals surface area contributed by atoms with Crippen LogP contribution in [-0.4, -0.2) is 18.6 Å². The third-order valence-electron chi connectivity index (χ3n) is 2.83. The van der Waals surface area contributed by atoms with Crippen molar-refractivity contribution in [3.05, 3.63) is 35.3 Å². The van der Waals surface area contributed by atoms with E-state index in [0.717, 1.165) is 28.4 Å². The normalized spacial score (nSPS) is 12.4. The Kier molecular flexibility index (Phi) is 4.33. The maximum absolute atomic E-state index is 5.63. The molecule has 1 aromatic carbocycles. The molecule has 2 rings (SSSR count). The van der Waals surface area contributed by atoms with Crippen molar-refractivity contribution in [3.63, 3.8) is 0 Å². The van der Waals surface area contributed by atoms with Gasteiger partial charge in [-0.2, -0.15) is 0 Å². The summed E-state index contributed by atoms with van der Waals surface area (Å²) in [6.45, 7) is 2.84. The lowest BCUT2D eigenvalue weighted by Gasteiger charge is -2.04. The van der Waals surface area contributed by atoms with Gasteiger partial charge in [-0.1, -0.05) is 19.1 Å². The van der Waals surface area contributed by atoms with Crippen LogP contribution in [0.4, 0.5) is 0 Å². The second-order valence-corrected chi connectivity index (χ2v) is 5.28. The molecule has 0 bridgehead atoms. The molecule has 3 nitrogen and oxygen atoms in total. The van der Waals surface area contributed by atoms with E-state index in [1.807, 2.05) is 18.2 Å². The molecule has 2 N–H and O–H groups in total. The first-order chi connectivity index (χ1) is 8.72. The zero-order valence-corrected chi connectivity index (χ0v) is 11.5. The van der Waals surface area contributed by atoms with Crippen molar-refractivity contribution in [2.24, 2.45) is 11.7 Å². The topological polar surface area (TPSA) is 48.1 Å². The van der Waals surface area contributed by atoms with Crippen molar-refractivity contribution in [2.45, 2.75) is 13.3 Å². The minimum absolute atomic E-state index is 0.477. The minimum Gasteiger partial charge on any atom is -0.497 e. The number of rotatable bonds is 5. The van der Waals surface area contributed by atoms with Gasteiger partial charge < -0.3 is 10.5 Å². The quantitative estimate of drug-likeness (QED) is 0.901. The zero-order chi connectivity index (χ0) is 13.0. The van der Waals surface area contributed by atoms with Crippen LogP contribution >= 0.6 is 11.3 Å². The van der Waals surface area contributed by atoms with Gasteiger partial charge in [-0.25, -0.2) is 4.98 Å². The van der Waals surface area contributed by atoms with Crippen LogP contribution < -0.4 is 10.5 Å². The molecule has 2 aromatic rings. The molecular formula is C14H18N2OS. The smallest absolute Gasteiger partial charge is 0.123 e. The van der Waals surface area contributed by atoms with Crippen LogP contribution in [0, 0.1) is 5.92 Å². The molecule has 1 heterocycles. The van der Waals surface area contributed by atoms with Gasteiger partial charge in [0.05, 0.1) is 12.8 Å². The molecular weight excluding hydrogens is 244 g/mol. The average Bonchev–Trinajstić information content (AvgIpc) is 2.87.